The molecule has 0 saturated heterocycles. The summed E-state index contributed by atoms with van der Waals surface area (Å²) in [6, 6.07) is 18.1. The summed E-state index contributed by atoms with van der Waals surface area (Å²) in [4.78, 5) is 30.2. The quantitative estimate of drug-likeness (QED) is 0.682. The van der Waals surface area contributed by atoms with Crippen LogP contribution in [0.4, 0.5) is 5.69 Å². The molecule has 0 N–H and O–H groups in total. The molecule has 4 heteroatoms. The molecule has 1 aromatic heterocycles. The summed E-state index contributed by atoms with van der Waals surface area (Å²) >= 11 is 0. The highest BCUT2D eigenvalue weighted by molar-refractivity contribution is 6.34. The van der Waals surface area contributed by atoms with Gasteiger partial charge in [-0.1, -0.05) is 36.4 Å². The lowest BCUT2D eigenvalue weighted by Gasteiger charge is -2.13. The third-order valence-corrected chi connectivity index (χ3v) is 4.12. The lowest BCUT2D eigenvalue weighted by molar-refractivity contribution is 0.0926. The first-order valence-corrected chi connectivity index (χ1v) is 7.90. The minimum Gasteiger partial charge on any atom is -0.268 e. The third kappa shape index (κ3) is 2.74. The Bertz CT molecular complexity index is 941. The van der Waals surface area contributed by atoms with Gasteiger partial charge in [-0.15, -0.1) is 0 Å². The van der Waals surface area contributed by atoms with Crippen LogP contribution in [-0.2, 0) is 0 Å². The summed E-state index contributed by atoms with van der Waals surface area (Å²) in [5, 5.41) is 0. The number of anilines is 1. The molecule has 2 aromatic carbocycles. The molecule has 25 heavy (non-hydrogen) atoms. The summed E-state index contributed by atoms with van der Waals surface area (Å²) in [6.45, 7) is 0. The normalized spacial score (nSPS) is 13.5. The van der Waals surface area contributed by atoms with Crippen molar-refractivity contribution in [2.75, 3.05) is 4.90 Å². The number of amides is 2. The number of pyridine rings is 1. The van der Waals surface area contributed by atoms with Crippen LogP contribution in [0.5, 0.6) is 0 Å². The van der Waals surface area contributed by atoms with E-state index in [2.05, 4.69) is 4.98 Å². The van der Waals surface area contributed by atoms with E-state index < -0.39 is 0 Å². The minimum absolute atomic E-state index is 0.277. The molecule has 120 valence electrons. The van der Waals surface area contributed by atoms with Gasteiger partial charge in [0.25, 0.3) is 11.8 Å². The van der Waals surface area contributed by atoms with E-state index >= 15 is 0 Å². The number of fused-ring (bicyclic) bond motifs is 1. The van der Waals surface area contributed by atoms with Crippen molar-refractivity contribution >= 4 is 29.7 Å². The largest absolute Gasteiger partial charge is 0.268 e. The van der Waals surface area contributed by atoms with Crippen molar-refractivity contribution in [2.45, 2.75) is 0 Å². The maximum atomic E-state index is 12.5. The molecule has 3 aromatic rings. The fraction of sp³-hybridized carbons (Fsp3) is 0. The lowest BCUT2D eigenvalue weighted by Crippen LogP contribution is -2.29. The monoisotopic (exact) mass is 326 g/mol. The highest BCUT2D eigenvalue weighted by Gasteiger charge is 2.36. The first-order valence-electron chi connectivity index (χ1n) is 7.90. The van der Waals surface area contributed by atoms with Crippen LogP contribution in [0, 0.1) is 0 Å². The number of aromatic nitrogens is 1. The van der Waals surface area contributed by atoms with Crippen LogP contribution < -0.4 is 4.90 Å². The number of carbonyl (C=O) groups is 2. The number of hydrogen-bond donors (Lipinski definition) is 0. The summed E-state index contributed by atoms with van der Waals surface area (Å²) in [5.41, 5.74) is 3.52. The first kappa shape index (κ1) is 15.0. The van der Waals surface area contributed by atoms with Crippen LogP contribution >= 0.6 is 0 Å². The van der Waals surface area contributed by atoms with Crippen LogP contribution in [0.25, 0.3) is 12.2 Å². The van der Waals surface area contributed by atoms with Gasteiger partial charge in [0.2, 0.25) is 0 Å². The van der Waals surface area contributed by atoms with E-state index in [4.69, 9.17) is 0 Å². The molecule has 0 spiro atoms. The Morgan fingerprint density at radius 2 is 1.20 bits per heavy atom. The van der Waals surface area contributed by atoms with Gasteiger partial charge < -0.3 is 0 Å². The molecule has 1 aliphatic rings. The number of nitrogens with zero attached hydrogens (tertiary/aromatic N) is 2. The molecule has 4 nitrogen and oxygen atoms in total. The second-order valence-corrected chi connectivity index (χ2v) is 5.70. The molecule has 0 radical (unpaired) electrons. The van der Waals surface area contributed by atoms with Crippen molar-refractivity contribution in [2.24, 2.45) is 0 Å². The van der Waals surface area contributed by atoms with Gasteiger partial charge in [-0.25, -0.2) is 4.90 Å². The van der Waals surface area contributed by atoms with Gasteiger partial charge in [0.1, 0.15) is 0 Å². The number of rotatable bonds is 3. The van der Waals surface area contributed by atoms with Gasteiger partial charge >= 0.3 is 0 Å². The molecular formula is C21H14N2O2. The highest BCUT2D eigenvalue weighted by Crippen LogP contribution is 2.28. The van der Waals surface area contributed by atoms with Gasteiger partial charge in [0, 0.05) is 12.4 Å². The molecular weight excluding hydrogens is 312 g/mol. The van der Waals surface area contributed by atoms with E-state index in [0.717, 1.165) is 11.1 Å². The molecule has 2 amide bonds. The SMILES string of the molecule is O=C1c2ccccc2C(=O)N1c1ccc(C=Cc2ccncc2)cc1. The van der Waals surface area contributed by atoms with Crippen LogP contribution in [-0.4, -0.2) is 16.8 Å². The van der Waals surface area contributed by atoms with Crippen LogP contribution in [0.3, 0.4) is 0 Å². The average molecular weight is 326 g/mol. The fourth-order valence-electron chi connectivity index (χ4n) is 2.83. The summed E-state index contributed by atoms with van der Waals surface area (Å²) in [6.07, 6.45) is 7.44. The summed E-state index contributed by atoms with van der Waals surface area (Å²) in [7, 11) is 0. The third-order valence-electron chi connectivity index (χ3n) is 4.12. The molecule has 0 unspecified atom stereocenters. The average Bonchev–Trinajstić information content (AvgIpc) is 2.93. The number of hydrogen-bond acceptors (Lipinski definition) is 3. The molecule has 0 saturated carbocycles. The van der Waals surface area contributed by atoms with Crippen molar-refractivity contribution in [3.63, 3.8) is 0 Å². The Balaban J connectivity index is 1.58. The van der Waals surface area contributed by atoms with Crippen LogP contribution in [0.1, 0.15) is 31.8 Å². The molecule has 0 atom stereocenters. The Hall–Kier alpha value is -3.53. The van der Waals surface area contributed by atoms with Crippen molar-refractivity contribution in [3.8, 4) is 0 Å². The predicted octanol–water partition coefficient (Wildman–Crippen LogP) is 4.05. The zero-order valence-electron chi connectivity index (χ0n) is 13.3. The number of benzene rings is 2. The maximum Gasteiger partial charge on any atom is 0.266 e. The molecule has 0 aliphatic carbocycles. The summed E-state index contributed by atoms with van der Waals surface area (Å²) < 4.78 is 0. The van der Waals surface area contributed by atoms with Gasteiger partial charge in [0.15, 0.2) is 0 Å². The van der Waals surface area contributed by atoms with Gasteiger partial charge in [-0.3, -0.25) is 14.6 Å². The smallest absolute Gasteiger partial charge is 0.266 e. The second-order valence-electron chi connectivity index (χ2n) is 5.70. The Labute approximate surface area is 145 Å². The number of imide groups is 1. The van der Waals surface area contributed by atoms with Crippen molar-refractivity contribution < 1.29 is 9.59 Å². The zero-order chi connectivity index (χ0) is 17.2. The van der Waals surface area contributed by atoms with Gasteiger partial charge in [-0.05, 0) is 47.5 Å². The second kappa shape index (κ2) is 6.17. The summed E-state index contributed by atoms with van der Waals surface area (Å²) in [5.74, 6) is -0.554. The fourth-order valence-corrected chi connectivity index (χ4v) is 2.83. The van der Waals surface area contributed by atoms with E-state index in [1.165, 1.54) is 4.90 Å². The standard InChI is InChI=1S/C21H14N2O2/c24-20-18-3-1-2-4-19(18)21(25)23(20)17-9-7-15(8-10-17)5-6-16-11-13-22-14-12-16/h1-14H. The van der Waals surface area contributed by atoms with E-state index in [9.17, 15) is 9.59 Å². The van der Waals surface area contributed by atoms with Crippen LogP contribution in [0.2, 0.25) is 0 Å². The minimum atomic E-state index is -0.277. The van der Waals surface area contributed by atoms with Gasteiger partial charge in [-0.2, -0.15) is 0 Å². The zero-order valence-corrected chi connectivity index (χ0v) is 13.3. The highest BCUT2D eigenvalue weighted by atomic mass is 16.2. The molecule has 4 rings (SSSR count). The van der Waals surface area contributed by atoms with E-state index in [1.807, 2.05) is 36.4 Å². The van der Waals surface area contributed by atoms with Gasteiger partial charge in [0.05, 0.1) is 16.8 Å². The van der Waals surface area contributed by atoms with Crippen molar-refractivity contribution in [3.05, 3.63) is 95.3 Å². The Morgan fingerprint density at radius 1 is 0.680 bits per heavy atom. The maximum absolute atomic E-state index is 12.5. The van der Waals surface area contributed by atoms with E-state index in [-0.39, 0.29) is 11.8 Å². The molecule has 1 aliphatic heterocycles. The van der Waals surface area contributed by atoms with E-state index in [1.54, 1.807) is 48.8 Å². The molecule has 0 fully saturated rings. The van der Waals surface area contributed by atoms with E-state index in [0.29, 0.717) is 16.8 Å². The predicted molar refractivity (Wildman–Crippen MR) is 97.2 cm³/mol. The van der Waals surface area contributed by atoms with Crippen molar-refractivity contribution in [1.82, 2.24) is 4.98 Å². The lowest BCUT2D eigenvalue weighted by atomic mass is 10.1. The molecule has 0 bridgehead atoms. The first-order chi connectivity index (χ1) is 12.2. The van der Waals surface area contributed by atoms with Crippen molar-refractivity contribution in [1.29, 1.82) is 0 Å². The number of carbonyl (C=O) groups excluding carboxylic acids is 2. The Morgan fingerprint density at radius 3 is 1.76 bits per heavy atom. The van der Waals surface area contributed by atoms with Crippen LogP contribution in [0.15, 0.2) is 73.1 Å². The Kier molecular flexibility index (Phi) is 3.71. The molecule has 2 heterocycles. The topological polar surface area (TPSA) is 50.3 Å².